The third kappa shape index (κ3) is 5.47. The lowest BCUT2D eigenvalue weighted by Gasteiger charge is -2.32. The van der Waals surface area contributed by atoms with Crippen molar-refractivity contribution in [3.8, 4) is 5.75 Å². The van der Waals surface area contributed by atoms with Crippen molar-refractivity contribution in [2.45, 2.75) is 19.3 Å². The van der Waals surface area contributed by atoms with E-state index in [1.165, 1.54) is 0 Å². The number of hydrogen-bond donors (Lipinski definition) is 2. The van der Waals surface area contributed by atoms with Gasteiger partial charge in [-0.05, 0) is 42.3 Å². The number of ether oxygens (including phenoxy) is 1. The Labute approximate surface area is 163 Å². The molecule has 6 nitrogen and oxygen atoms in total. The number of benzene rings is 1. The predicted molar refractivity (Wildman–Crippen MR) is 107 cm³/mol. The number of nitrogens with one attached hydrogen (secondary N) is 2. The standard InChI is InChI=1S/C20H25N3O3S/c1-26-18-7-3-2-6-17(18)22-20(25)23-10-8-15(9-11-23)14-21-19(24)13-16-5-4-12-27-16/h2-7,12,15H,8-11,13-14H2,1H3,(H,21,24)(H,22,25). The smallest absolute Gasteiger partial charge is 0.321 e. The zero-order valence-electron chi connectivity index (χ0n) is 15.4. The van der Waals surface area contributed by atoms with Crippen LogP contribution in [-0.4, -0.2) is 43.6 Å². The molecule has 1 saturated heterocycles. The first-order valence-corrected chi connectivity index (χ1v) is 10.0. The number of nitrogens with zero attached hydrogens (tertiary/aromatic N) is 1. The first-order chi connectivity index (χ1) is 13.2. The van der Waals surface area contributed by atoms with E-state index >= 15 is 0 Å². The van der Waals surface area contributed by atoms with E-state index < -0.39 is 0 Å². The van der Waals surface area contributed by atoms with Gasteiger partial charge in [-0.25, -0.2) is 4.79 Å². The fourth-order valence-electron chi connectivity index (χ4n) is 3.17. The Bertz CT molecular complexity index is 756. The Morgan fingerprint density at radius 3 is 2.67 bits per heavy atom. The molecule has 7 heteroatoms. The summed E-state index contributed by atoms with van der Waals surface area (Å²) in [5.74, 6) is 1.12. The molecule has 2 N–H and O–H groups in total. The molecule has 1 aliphatic rings. The van der Waals surface area contributed by atoms with Gasteiger partial charge in [0, 0.05) is 24.5 Å². The Kier molecular flexibility index (Phi) is 6.70. The fourth-order valence-corrected chi connectivity index (χ4v) is 3.88. The van der Waals surface area contributed by atoms with E-state index in [1.807, 2.05) is 46.7 Å². The van der Waals surface area contributed by atoms with Gasteiger partial charge in [0.1, 0.15) is 5.75 Å². The van der Waals surface area contributed by atoms with Crippen molar-refractivity contribution >= 4 is 29.0 Å². The van der Waals surface area contributed by atoms with Crippen LogP contribution in [0.15, 0.2) is 41.8 Å². The summed E-state index contributed by atoms with van der Waals surface area (Å²) in [6.45, 7) is 2.05. The van der Waals surface area contributed by atoms with E-state index in [0.29, 0.717) is 43.4 Å². The molecular weight excluding hydrogens is 362 g/mol. The highest BCUT2D eigenvalue weighted by atomic mass is 32.1. The van der Waals surface area contributed by atoms with Gasteiger partial charge in [-0.15, -0.1) is 11.3 Å². The summed E-state index contributed by atoms with van der Waals surface area (Å²) in [7, 11) is 1.59. The fraction of sp³-hybridized carbons (Fsp3) is 0.400. The van der Waals surface area contributed by atoms with Crippen LogP contribution in [0.5, 0.6) is 5.75 Å². The molecule has 0 radical (unpaired) electrons. The second-order valence-electron chi connectivity index (χ2n) is 6.62. The summed E-state index contributed by atoms with van der Waals surface area (Å²) >= 11 is 1.60. The highest BCUT2D eigenvalue weighted by molar-refractivity contribution is 7.10. The van der Waals surface area contributed by atoms with Crippen LogP contribution in [0.2, 0.25) is 0 Å². The summed E-state index contributed by atoms with van der Waals surface area (Å²) in [6, 6.07) is 11.2. The van der Waals surface area contributed by atoms with Gasteiger partial charge in [0.05, 0.1) is 19.2 Å². The molecule has 0 bridgehead atoms. The maximum Gasteiger partial charge on any atom is 0.321 e. The molecule has 1 fully saturated rings. The number of hydrogen-bond acceptors (Lipinski definition) is 4. The quantitative estimate of drug-likeness (QED) is 0.798. The number of urea groups is 1. The molecule has 1 aromatic heterocycles. The molecule has 0 spiro atoms. The van der Waals surface area contributed by atoms with E-state index in [1.54, 1.807) is 18.4 Å². The topological polar surface area (TPSA) is 70.7 Å². The number of thiophene rings is 1. The molecule has 3 rings (SSSR count). The normalized spacial score (nSPS) is 14.6. The number of piperidine rings is 1. The number of para-hydroxylation sites is 2. The summed E-state index contributed by atoms with van der Waals surface area (Å²) in [5, 5.41) is 7.92. The van der Waals surface area contributed by atoms with Crippen LogP contribution >= 0.6 is 11.3 Å². The van der Waals surface area contributed by atoms with Gasteiger partial charge < -0.3 is 20.3 Å². The summed E-state index contributed by atoms with van der Waals surface area (Å²) in [4.78, 5) is 27.4. The van der Waals surface area contributed by atoms with Crippen molar-refractivity contribution in [2.75, 3.05) is 32.1 Å². The lowest BCUT2D eigenvalue weighted by molar-refractivity contribution is -0.120. The summed E-state index contributed by atoms with van der Waals surface area (Å²) in [6.07, 6.45) is 2.22. The van der Waals surface area contributed by atoms with Gasteiger partial charge in [-0.3, -0.25) is 4.79 Å². The summed E-state index contributed by atoms with van der Waals surface area (Å²) < 4.78 is 5.27. The molecular formula is C20H25N3O3S. The Hall–Kier alpha value is -2.54. The van der Waals surface area contributed by atoms with Crippen molar-refractivity contribution in [3.05, 3.63) is 46.7 Å². The third-order valence-corrected chi connectivity index (χ3v) is 5.63. The van der Waals surface area contributed by atoms with Gasteiger partial charge in [0.25, 0.3) is 0 Å². The maximum atomic E-state index is 12.5. The van der Waals surface area contributed by atoms with Crippen LogP contribution in [0.4, 0.5) is 10.5 Å². The van der Waals surface area contributed by atoms with Crippen LogP contribution in [0.1, 0.15) is 17.7 Å². The largest absolute Gasteiger partial charge is 0.495 e. The van der Waals surface area contributed by atoms with Gasteiger partial charge in [-0.2, -0.15) is 0 Å². The molecule has 3 amide bonds. The summed E-state index contributed by atoms with van der Waals surface area (Å²) in [5.41, 5.74) is 0.674. The van der Waals surface area contributed by atoms with E-state index in [0.717, 1.165) is 17.7 Å². The third-order valence-electron chi connectivity index (χ3n) is 4.75. The van der Waals surface area contributed by atoms with Crippen molar-refractivity contribution in [1.29, 1.82) is 0 Å². The molecule has 144 valence electrons. The van der Waals surface area contributed by atoms with E-state index in [4.69, 9.17) is 4.74 Å². The lowest BCUT2D eigenvalue weighted by Crippen LogP contribution is -2.43. The average molecular weight is 388 g/mol. The second kappa shape index (κ2) is 9.41. The van der Waals surface area contributed by atoms with E-state index in [-0.39, 0.29) is 11.9 Å². The van der Waals surface area contributed by atoms with E-state index in [9.17, 15) is 9.59 Å². The molecule has 1 aromatic carbocycles. The number of methoxy groups -OCH3 is 1. The Morgan fingerprint density at radius 1 is 1.19 bits per heavy atom. The minimum Gasteiger partial charge on any atom is -0.495 e. The van der Waals surface area contributed by atoms with Crippen molar-refractivity contribution in [1.82, 2.24) is 10.2 Å². The minimum atomic E-state index is -0.111. The molecule has 0 aliphatic carbocycles. The van der Waals surface area contributed by atoms with Gasteiger partial charge in [0.15, 0.2) is 0 Å². The molecule has 1 aliphatic heterocycles. The molecule has 0 unspecified atom stereocenters. The second-order valence-corrected chi connectivity index (χ2v) is 7.65. The number of rotatable bonds is 6. The van der Waals surface area contributed by atoms with Crippen LogP contribution in [-0.2, 0) is 11.2 Å². The number of likely N-dealkylation sites (tertiary alicyclic amines) is 1. The zero-order valence-corrected chi connectivity index (χ0v) is 16.3. The highest BCUT2D eigenvalue weighted by Gasteiger charge is 2.23. The predicted octanol–water partition coefficient (Wildman–Crippen LogP) is 3.36. The molecule has 2 heterocycles. The minimum absolute atomic E-state index is 0.0637. The Morgan fingerprint density at radius 2 is 1.96 bits per heavy atom. The molecule has 27 heavy (non-hydrogen) atoms. The SMILES string of the molecule is COc1ccccc1NC(=O)N1CCC(CNC(=O)Cc2cccs2)CC1. The van der Waals surface area contributed by atoms with Crippen LogP contribution in [0.3, 0.4) is 0 Å². The van der Waals surface area contributed by atoms with E-state index in [2.05, 4.69) is 10.6 Å². The lowest BCUT2D eigenvalue weighted by atomic mass is 9.97. The maximum absolute atomic E-state index is 12.5. The number of anilines is 1. The highest BCUT2D eigenvalue weighted by Crippen LogP contribution is 2.24. The first kappa shape index (κ1) is 19.2. The van der Waals surface area contributed by atoms with Crippen LogP contribution in [0, 0.1) is 5.92 Å². The monoisotopic (exact) mass is 387 g/mol. The van der Waals surface area contributed by atoms with Crippen LogP contribution < -0.4 is 15.4 Å². The molecule has 2 aromatic rings. The first-order valence-electron chi connectivity index (χ1n) is 9.13. The van der Waals surface area contributed by atoms with Gasteiger partial charge >= 0.3 is 6.03 Å². The van der Waals surface area contributed by atoms with Crippen molar-refractivity contribution in [3.63, 3.8) is 0 Å². The van der Waals surface area contributed by atoms with Crippen molar-refractivity contribution < 1.29 is 14.3 Å². The zero-order chi connectivity index (χ0) is 19.1. The van der Waals surface area contributed by atoms with Crippen LogP contribution in [0.25, 0.3) is 0 Å². The number of amides is 3. The van der Waals surface area contributed by atoms with Crippen molar-refractivity contribution in [2.24, 2.45) is 5.92 Å². The Balaban J connectivity index is 1.40. The van der Waals surface area contributed by atoms with Gasteiger partial charge in [0.2, 0.25) is 5.91 Å². The number of carbonyl (C=O) groups is 2. The number of carbonyl (C=O) groups excluding carboxylic acids is 2. The molecule has 0 saturated carbocycles. The van der Waals surface area contributed by atoms with Gasteiger partial charge in [-0.1, -0.05) is 18.2 Å². The average Bonchev–Trinajstić information content (AvgIpc) is 3.20. The molecule has 0 atom stereocenters.